The number of sulfonamides is 1. The third kappa shape index (κ3) is 3.23. The molecule has 0 aromatic carbocycles. The van der Waals surface area contributed by atoms with Gasteiger partial charge in [0.2, 0.25) is 15.9 Å². The van der Waals surface area contributed by atoms with Crippen LogP contribution in [0.3, 0.4) is 0 Å². The standard InChI is InChI=1S/C14H19N3O3S2/c1-2-9-22(18,19)17-7-3-5-11(10-17)13-15-16-14(20-13)12-6-4-8-21-12/h4,6,8,11H,2-3,5,7,9-10H2,1H3/t11-/m0/s1. The molecule has 1 atom stereocenters. The first kappa shape index (κ1) is 15.6. The van der Waals surface area contributed by atoms with Crippen molar-refractivity contribution in [3.05, 3.63) is 23.4 Å². The van der Waals surface area contributed by atoms with Crippen molar-refractivity contribution >= 4 is 21.4 Å². The van der Waals surface area contributed by atoms with Gasteiger partial charge in [0.1, 0.15) is 0 Å². The fourth-order valence-electron chi connectivity index (χ4n) is 2.68. The number of hydrogen-bond donors (Lipinski definition) is 0. The summed E-state index contributed by atoms with van der Waals surface area (Å²) < 4.78 is 31.8. The zero-order valence-electron chi connectivity index (χ0n) is 12.4. The second-order valence-electron chi connectivity index (χ2n) is 5.44. The predicted molar refractivity (Wildman–Crippen MR) is 85.2 cm³/mol. The van der Waals surface area contributed by atoms with Crippen molar-refractivity contribution in [3.63, 3.8) is 0 Å². The van der Waals surface area contributed by atoms with E-state index in [0.717, 1.165) is 17.7 Å². The molecule has 1 fully saturated rings. The van der Waals surface area contributed by atoms with Crippen LogP contribution in [0.1, 0.15) is 38.0 Å². The van der Waals surface area contributed by atoms with Crippen LogP contribution >= 0.6 is 11.3 Å². The Kier molecular flexibility index (Phi) is 4.60. The molecule has 3 heterocycles. The van der Waals surface area contributed by atoms with Gasteiger partial charge in [0.25, 0.3) is 5.89 Å². The van der Waals surface area contributed by atoms with Gasteiger partial charge in [-0.3, -0.25) is 0 Å². The largest absolute Gasteiger partial charge is 0.420 e. The van der Waals surface area contributed by atoms with Crippen LogP contribution in [-0.2, 0) is 10.0 Å². The first-order chi connectivity index (χ1) is 10.6. The van der Waals surface area contributed by atoms with E-state index in [2.05, 4.69) is 10.2 Å². The van der Waals surface area contributed by atoms with E-state index < -0.39 is 10.0 Å². The fourth-order valence-corrected chi connectivity index (χ4v) is 4.92. The Morgan fingerprint density at radius 3 is 3.05 bits per heavy atom. The van der Waals surface area contributed by atoms with Gasteiger partial charge in [0.15, 0.2) is 0 Å². The van der Waals surface area contributed by atoms with Crippen LogP contribution in [0.2, 0.25) is 0 Å². The fraction of sp³-hybridized carbons (Fsp3) is 0.571. The van der Waals surface area contributed by atoms with Crippen molar-refractivity contribution in [2.24, 2.45) is 0 Å². The minimum absolute atomic E-state index is 0.0124. The Labute approximate surface area is 134 Å². The average Bonchev–Trinajstić information content (AvgIpc) is 3.18. The van der Waals surface area contributed by atoms with Gasteiger partial charge in [-0.05, 0) is 30.7 Å². The van der Waals surface area contributed by atoms with E-state index in [1.165, 1.54) is 0 Å². The van der Waals surface area contributed by atoms with Crippen molar-refractivity contribution in [2.75, 3.05) is 18.8 Å². The van der Waals surface area contributed by atoms with Gasteiger partial charge >= 0.3 is 0 Å². The normalized spacial score (nSPS) is 20.3. The van der Waals surface area contributed by atoms with Crippen LogP contribution < -0.4 is 0 Å². The maximum atomic E-state index is 12.2. The SMILES string of the molecule is CCCS(=O)(=O)N1CCC[C@H](c2nnc(-c3cccs3)o2)C1. The highest BCUT2D eigenvalue weighted by molar-refractivity contribution is 7.89. The van der Waals surface area contributed by atoms with Crippen molar-refractivity contribution in [1.82, 2.24) is 14.5 Å². The molecular formula is C14H19N3O3S2. The molecule has 1 aliphatic rings. The van der Waals surface area contributed by atoms with E-state index >= 15 is 0 Å². The first-order valence-corrected chi connectivity index (χ1v) is 9.94. The van der Waals surface area contributed by atoms with Crippen molar-refractivity contribution < 1.29 is 12.8 Å². The third-order valence-corrected chi connectivity index (χ3v) is 6.66. The lowest BCUT2D eigenvalue weighted by atomic mass is 10.00. The lowest BCUT2D eigenvalue weighted by Crippen LogP contribution is -2.40. The highest BCUT2D eigenvalue weighted by atomic mass is 32.2. The van der Waals surface area contributed by atoms with E-state index in [1.54, 1.807) is 15.6 Å². The van der Waals surface area contributed by atoms with Crippen LogP contribution in [0.15, 0.2) is 21.9 Å². The first-order valence-electron chi connectivity index (χ1n) is 7.45. The number of nitrogens with zero attached hydrogens (tertiary/aromatic N) is 3. The molecule has 6 nitrogen and oxygen atoms in total. The quantitative estimate of drug-likeness (QED) is 0.836. The highest BCUT2D eigenvalue weighted by Gasteiger charge is 2.31. The molecule has 3 rings (SSSR count). The molecule has 0 saturated carbocycles. The summed E-state index contributed by atoms with van der Waals surface area (Å²) >= 11 is 1.54. The molecule has 2 aromatic rings. The molecule has 0 aliphatic carbocycles. The molecule has 1 saturated heterocycles. The summed E-state index contributed by atoms with van der Waals surface area (Å²) in [4.78, 5) is 0.935. The Hall–Kier alpha value is -1.25. The van der Waals surface area contributed by atoms with Gasteiger partial charge in [0, 0.05) is 13.1 Å². The minimum Gasteiger partial charge on any atom is -0.420 e. The minimum atomic E-state index is -3.17. The Morgan fingerprint density at radius 2 is 2.32 bits per heavy atom. The van der Waals surface area contributed by atoms with Gasteiger partial charge in [0.05, 0.1) is 16.5 Å². The highest BCUT2D eigenvalue weighted by Crippen LogP contribution is 2.30. The maximum Gasteiger partial charge on any atom is 0.257 e. The molecule has 0 bridgehead atoms. The summed E-state index contributed by atoms with van der Waals surface area (Å²) in [6, 6.07) is 3.87. The Balaban J connectivity index is 1.75. The molecule has 0 N–H and O–H groups in total. The van der Waals surface area contributed by atoms with Crippen LogP contribution in [0, 0.1) is 0 Å². The Bertz CT molecular complexity index is 710. The molecule has 0 unspecified atom stereocenters. The number of rotatable bonds is 5. The van der Waals surface area contributed by atoms with Gasteiger partial charge in [-0.25, -0.2) is 12.7 Å². The second kappa shape index (κ2) is 6.47. The van der Waals surface area contributed by atoms with E-state index in [9.17, 15) is 8.42 Å². The molecular weight excluding hydrogens is 322 g/mol. The van der Waals surface area contributed by atoms with Gasteiger partial charge in [-0.1, -0.05) is 13.0 Å². The van der Waals surface area contributed by atoms with Crippen LogP contribution in [-0.4, -0.2) is 41.8 Å². The van der Waals surface area contributed by atoms with Gasteiger partial charge < -0.3 is 4.42 Å². The summed E-state index contributed by atoms with van der Waals surface area (Å²) in [5, 5.41) is 10.2. The van der Waals surface area contributed by atoms with E-state index in [1.807, 2.05) is 24.4 Å². The lowest BCUT2D eigenvalue weighted by molar-refractivity contribution is 0.286. The van der Waals surface area contributed by atoms with Gasteiger partial charge in [-0.2, -0.15) is 0 Å². The monoisotopic (exact) mass is 341 g/mol. The maximum absolute atomic E-state index is 12.2. The predicted octanol–water partition coefficient (Wildman–Crippen LogP) is 2.72. The second-order valence-corrected chi connectivity index (χ2v) is 8.47. The molecule has 0 spiro atoms. The molecule has 22 heavy (non-hydrogen) atoms. The van der Waals surface area contributed by atoms with Crippen molar-refractivity contribution in [3.8, 4) is 10.8 Å². The summed E-state index contributed by atoms with van der Waals surface area (Å²) in [5.41, 5.74) is 0. The van der Waals surface area contributed by atoms with Gasteiger partial charge in [-0.15, -0.1) is 21.5 Å². The summed E-state index contributed by atoms with van der Waals surface area (Å²) in [6.07, 6.45) is 2.33. The molecule has 120 valence electrons. The van der Waals surface area contributed by atoms with Crippen LogP contribution in [0.4, 0.5) is 0 Å². The molecule has 0 amide bonds. The van der Waals surface area contributed by atoms with E-state index in [4.69, 9.17) is 4.42 Å². The number of thiophene rings is 1. The van der Waals surface area contributed by atoms with Crippen molar-refractivity contribution in [1.29, 1.82) is 0 Å². The van der Waals surface area contributed by atoms with E-state index in [0.29, 0.717) is 31.3 Å². The third-order valence-electron chi connectivity index (χ3n) is 3.76. The number of hydrogen-bond acceptors (Lipinski definition) is 6. The van der Waals surface area contributed by atoms with Crippen LogP contribution in [0.5, 0.6) is 0 Å². The summed E-state index contributed by atoms with van der Waals surface area (Å²) in [6.45, 7) is 2.91. The van der Waals surface area contributed by atoms with Crippen LogP contribution in [0.25, 0.3) is 10.8 Å². The molecule has 1 aliphatic heterocycles. The zero-order valence-corrected chi connectivity index (χ0v) is 14.1. The van der Waals surface area contributed by atoms with E-state index in [-0.39, 0.29) is 11.7 Å². The molecule has 8 heteroatoms. The number of piperidine rings is 1. The molecule has 2 aromatic heterocycles. The summed E-state index contributed by atoms with van der Waals surface area (Å²) in [5.74, 6) is 1.24. The molecule has 0 radical (unpaired) electrons. The smallest absolute Gasteiger partial charge is 0.257 e. The number of aromatic nitrogens is 2. The zero-order chi connectivity index (χ0) is 15.6. The average molecular weight is 341 g/mol. The van der Waals surface area contributed by atoms with Crippen molar-refractivity contribution in [2.45, 2.75) is 32.1 Å². The Morgan fingerprint density at radius 1 is 1.45 bits per heavy atom. The summed E-state index contributed by atoms with van der Waals surface area (Å²) in [7, 11) is -3.17. The lowest BCUT2D eigenvalue weighted by Gasteiger charge is -2.30. The topological polar surface area (TPSA) is 76.3 Å².